The third-order valence-electron chi connectivity index (χ3n) is 5.44. The summed E-state index contributed by atoms with van der Waals surface area (Å²) >= 11 is 0. The minimum absolute atomic E-state index is 0.111. The molecule has 3 rings (SSSR count). The number of carbonyl (C=O) groups is 3. The lowest BCUT2D eigenvalue weighted by atomic mass is 9.86. The number of nitrogens with zero attached hydrogens (tertiary/aromatic N) is 1. The first-order valence-corrected chi connectivity index (χ1v) is 9.71. The first-order valence-electron chi connectivity index (χ1n) is 9.71. The number of aryl methyl sites for hydroxylation is 1. The van der Waals surface area contributed by atoms with Gasteiger partial charge in [-0.3, -0.25) is 14.5 Å². The van der Waals surface area contributed by atoms with E-state index in [-0.39, 0.29) is 43.4 Å². The van der Waals surface area contributed by atoms with Gasteiger partial charge in [0.15, 0.2) is 6.23 Å². The molecule has 7 nitrogen and oxygen atoms in total. The van der Waals surface area contributed by atoms with E-state index in [1.165, 1.54) is 23.1 Å². The molecule has 8 heteroatoms. The minimum Gasteiger partial charge on any atom is -0.479 e. The van der Waals surface area contributed by atoms with E-state index in [2.05, 4.69) is 4.74 Å². The van der Waals surface area contributed by atoms with Crippen LogP contribution >= 0.6 is 0 Å². The van der Waals surface area contributed by atoms with Crippen LogP contribution in [0.4, 0.5) is 4.39 Å². The summed E-state index contributed by atoms with van der Waals surface area (Å²) in [6, 6.07) is 6.40. The van der Waals surface area contributed by atoms with E-state index in [9.17, 15) is 23.9 Å². The predicted molar refractivity (Wildman–Crippen MR) is 100.0 cm³/mol. The maximum absolute atomic E-state index is 12.9. The van der Waals surface area contributed by atoms with E-state index in [1.807, 2.05) is 0 Å². The fourth-order valence-corrected chi connectivity index (χ4v) is 3.96. The maximum Gasteiger partial charge on any atom is 0.337 e. The van der Waals surface area contributed by atoms with Crippen molar-refractivity contribution in [2.75, 3.05) is 6.61 Å². The number of carboxylic acid groups (broad SMARTS) is 1. The van der Waals surface area contributed by atoms with E-state index < -0.39 is 17.7 Å². The molecule has 156 valence electrons. The second kappa shape index (κ2) is 9.07. The van der Waals surface area contributed by atoms with Gasteiger partial charge < -0.3 is 14.6 Å². The SMILES string of the molecule is O=COC/C=C1\O[C@@H]2CC(=O)N2[C@@]1(CCCCCCc1ccc(F)cc1)C(=O)O. The molecule has 0 bridgehead atoms. The van der Waals surface area contributed by atoms with Gasteiger partial charge in [-0.25, -0.2) is 9.18 Å². The number of carbonyl (C=O) groups excluding carboxylic acids is 2. The molecule has 1 aromatic carbocycles. The number of hydrogen-bond donors (Lipinski definition) is 1. The largest absolute Gasteiger partial charge is 0.479 e. The fraction of sp³-hybridized carbons (Fsp3) is 0.476. The summed E-state index contributed by atoms with van der Waals surface area (Å²) in [6.07, 6.45) is 5.24. The lowest BCUT2D eigenvalue weighted by molar-refractivity contribution is -0.171. The topological polar surface area (TPSA) is 93.1 Å². The molecule has 2 heterocycles. The summed E-state index contributed by atoms with van der Waals surface area (Å²) in [5, 5.41) is 9.95. The van der Waals surface area contributed by atoms with Crippen LogP contribution in [0.3, 0.4) is 0 Å². The van der Waals surface area contributed by atoms with E-state index in [0.29, 0.717) is 6.42 Å². The highest BCUT2D eigenvalue weighted by atomic mass is 19.1. The first kappa shape index (κ1) is 20.8. The van der Waals surface area contributed by atoms with Crippen molar-refractivity contribution in [2.45, 2.75) is 56.7 Å². The van der Waals surface area contributed by atoms with Crippen LogP contribution in [-0.4, -0.2) is 46.7 Å². The Morgan fingerprint density at radius 1 is 1.28 bits per heavy atom. The summed E-state index contributed by atoms with van der Waals surface area (Å²) in [6.45, 7) is 0.163. The molecule has 2 fully saturated rings. The molecule has 1 aromatic rings. The van der Waals surface area contributed by atoms with Crippen LogP contribution < -0.4 is 0 Å². The zero-order chi connectivity index (χ0) is 20.9. The Kier molecular flexibility index (Phi) is 6.51. The van der Waals surface area contributed by atoms with Crippen molar-refractivity contribution in [1.29, 1.82) is 0 Å². The molecule has 2 aliphatic rings. The van der Waals surface area contributed by atoms with Crippen LogP contribution in [0.25, 0.3) is 0 Å². The number of aliphatic carboxylic acids is 1. The number of unbranched alkanes of at least 4 members (excludes halogenated alkanes) is 3. The molecule has 2 saturated heterocycles. The normalized spacial score (nSPS) is 24.0. The average Bonchev–Trinajstić information content (AvgIpc) is 2.95. The van der Waals surface area contributed by atoms with Crippen LogP contribution in [0.1, 0.15) is 44.1 Å². The molecule has 0 aliphatic carbocycles. The van der Waals surface area contributed by atoms with Crippen molar-refractivity contribution in [3.63, 3.8) is 0 Å². The summed E-state index contributed by atoms with van der Waals surface area (Å²) in [7, 11) is 0. The molecule has 0 saturated carbocycles. The third-order valence-corrected chi connectivity index (χ3v) is 5.44. The molecule has 0 radical (unpaired) electrons. The highest BCUT2D eigenvalue weighted by Gasteiger charge is 2.64. The van der Waals surface area contributed by atoms with Gasteiger partial charge in [-0.05, 0) is 43.0 Å². The van der Waals surface area contributed by atoms with E-state index in [0.717, 1.165) is 31.2 Å². The smallest absolute Gasteiger partial charge is 0.337 e. The van der Waals surface area contributed by atoms with Crippen LogP contribution in [0.15, 0.2) is 36.1 Å². The standard InChI is InChI=1S/C21H24FNO6/c22-16-8-6-15(7-9-16)5-3-1-2-4-11-21(20(26)27)17(10-12-28-14-24)29-19-13-18(25)23(19)21/h6-10,14,19H,1-5,11-13H2,(H,26,27)/b17-10-/t19-,21-/m1/s1. The number of β-lactam (4-membered cyclic amide) rings is 1. The van der Waals surface area contributed by atoms with Gasteiger partial charge in [0.1, 0.15) is 18.2 Å². The lowest BCUT2D eigenvalue weighted by Crippen LogP contribution is -2.62. The highest BCUT2D eigenvalue weighted by Crippen LogP contribution is 2.47. The summed E-state index contributed by atoms with van der Waals surface area (Å²) in [4.78, 5) is 35.9. The number of carboxylic acids is 1. The van der Waals surface area contributed by atoms with Crippen molar-refractivity contribution in [3.05, 3.63) is 47.5 Å². The number of amides is 1. The zero-order valence-corrected chi connectivity index (χ0v) is 16.0. The molecule has 1 amide bonds. The Labute approximate surface area is 168 Å². The molecular formula is C21H24FNO6. The van der Waals surface area contributed by atoms with Gasteiger partial charge in [0.05, 0.1) is 6.42 Å². The van der Waals surface area contributed by atoms with Gasteiger partial charge in [-0.15, -0.1) is 0 Å². The van der Waals surface area contributed by atoms with Crippen LogP contribution in [0.2, 0.25) is 0 Å². The van der Waals surface area contributed by atoms with E-state index >= 15 is 0 Å². The number of fused-ring (bicyclic) bond motifs is 1. The molecule has 1 N–H and O–H groups in total. The van der Waals surface area contributed by atoms with Gasteiger partial charge in [-0.2, -0.15) is 0 Å². The number of benzene rings is 1. The van der Waals surface area contributed by atoms with E-state index in [4.69, 9.17) is 4.74 Å². The minimum atomic E-state index is -1.54. The van der Waals surface area contributed by atoms with Gasteiger partial charge in [0.25, 0.3) is 6.47 Å². The van der Waals surface area contributed by atoms with Crippen LogP contribution in [0.5, 0.6) is 0 Å². The Morgan fingerprint density at radius 3 is 2.66 bits per heavy atom. The van der Waals surface area contributed by atoms with Gasteiger partial charge in [0.2, 0.25) is 11.4 Å². The molecular weight excluding hydrogens is 381 g/mol. The number of rotatable bonds is 11. The predicted octanol–water partition coefficient (Wildman–Crippen LogP) is 2.79. The Bertz CT molecular complexity index is 793. The quantitative estimate of drug-likeness (QED) is 0.346. The second-order valence-corrected chi connectivity index (χ2v) is 7.24. The maximum atomic E-state index is 12.9. The molecule has 0 spiro atoms. The number of halogens is 1. The van der Waals surface area contributed by atoms with Crippen molar-refractivity contribution in [2.24, 2.45) is 0 Å². The summed E-state index contributed by atoms with van der Waals surface area (Å²) in [5.74, 6) is -1.49. The Balaban J connectivity index is 1.56. The molecule has 0 aromatic heterocycles. The monoisotopic (exact) mass is 405 g/mol. The van der Waals surface area contributed by atoms with Gasteiger partial charge in [0, 0.05) is 0 Å². The van der Waals surface area contributed by atoms with Gasteiger partial charge >= 0.3 is 5.97 Å². The van der Waals surface area contributed by atoms with Crippen molar-refractivity contribution < 1.29 is 33.4 Å². The second-order valence-electron chi connectivity index (χ2n) is 7.24. The number of ether oxygens (including phenoxy) is 2. The fourth-order valence-electron chi connectivity index (χ4n) is 3.96. The van der Waals surface area contributed by atoms with Crippen molar-refractivity contribution >= 4 is 18.3 Å². The van der Waals surface area contributed by atoms with Gasteiger partial charge in [-0.1, -0.05) is 31.4 Å². The third kappa shape index (κ3) is 4.26. The van der Waals surface area contributed by atoms with Crippen LogP contribution in [-0.2, 0) is 30.3 Å². The lowest BCUT2D eigenvalue weighted by Gasteiger charge is -2.40. The summed E-state index contributed by atoms with van der Waals surface area (Å²) in [5.41, 5.74) is -0.476. The Hall–Kier alpha value is -2.90. The zero-order valence-electron chi connectivity index (χ0n) is 16.0. The Morgan fingerprint density at radius 2 is 2.00 bits per heavy atom. The van der Waals surface area contributed by atoms with Crippen molar-refractivity contribution in [3.8, 4) is 0 Å². The van der Waals surface area contributed by atoms with Crippen molar-refractivity contribution in [1.82, 2.24) is 4.90 Å². The molecule has 2 aliphatic heterocycles. The number of hydrogen-bond acceptors (Lipinski definition) is 5. The average molecular weight is 405 g/mol. The first-order chi connectivity index (χ1) is 14.0. The molecule has 0 unspecified atom stereocenters. The highest BCUT2D eigenvalue weighted by molar-refractivity contribution is 5.94. The molecule has 2 atom stereocenters. The van der Waals surface area contributed by atoms with E-state index in [1.54, 1.807) is 12.1 Å². The molecule has 29 heavy (non-hydrogen) atoms. The van der Waals surface area contributed by atoms with Crippen LogP contribution in [0, 0.1) is 5.82 Å². The summed E-state index contributed by atoms with van der Waals surface area (Å²) < 4.78 is 23.2.